The summed E-state index contributed by atoms with van der Waals surface area (Å²) in [6.07, 6.45) is 0.00802. The van der Waals surface area contributed by atoms with E-state index in [0.29, 0.717) is 12.4 Å². The van der Waals surface area contributed by atoms with Gasteiger partial charge in [-0.05, 0) is 35.4 Å². The van der Waals surface area contributed by atoms with Gasteiger partial charge in [-0.15, -0.1) is 0 Å². The Hall–Kier alpha value is -1.81. The van der Waals surface area contributed by atoms with Crippen LogP contribution in [0, 0.1) is 0 Å². The van der Waals surface area contributed by atoms with Crippen molar-refractivity contribution in [1.82, 2.24) is 0 Å². The molecule has 98 valence electrons. The second-order valence-electron chi connectivity index (χ2n) is 4.14. The van der Waals surface area contributed by atoms with Gasteiger partial charge >= 0.3 is 5.97 Å². The molecule has 0 aromatic heterocycles. The van der Waals surface area contributed by atoms with Crippen LogP contribution in [-0.4, -0.2) is 11.1 Å². The van der Waals surface area contributed by atoms with Crippen LogP contribution in [0.4, 0.5) is 0 Å². The van der Waals surface area contributed by atoms with Crippen molar-refractivity contribution in [1.29, 1.82) is 0 Å². The van der Waals surface area contributed by atoms with E-state index in [4.69, 9.17) is 9.84 Å². The van der Waals surface area contributed by atoms with Crippen molar-refractivity contribution in [3.63, 3.8) is 0 Å². The summed E-state index contributed by atoms with van der Waals surface area (Å²) < 4.78 is 6.66. The van der Waals surface area contributed by atoms with Crippen molar-refractivity contribution >= 4 is 21.9 Å². The number of ether oxygens (including phenoxy) is 1. The fourth-order valence-electron chi connectivity index (χ4n) is 1.71. The van der Waals surface area contributed by atoms with Crippen LogP contribution in [0.1, 0.15) is 11.1 Å². The highest BCUT2D eigenvalue weighted by Crippen LogP contribution is 2.17. The molecular formula is C15H13BrO3. The van der Waals surface area contributed by atoms with Crippen LogP contribution in [0.2, 0.25) is 0 Å². The van der Waals surface area contributed by atoms with Gasteiger partial charge in [0.2, 0.25) is 0 Å². The molecule has 0 aliphatic rings. The number of hydrogen-bond donors (Lipinski definition) is 1. The summed E-state index contributed by atoms with van der Waals surface area (Å²) in [5.74, 6) is -0.164. The van der Waals surface area contributed by atoms with Crippen molar-refractivity contribution in [2.45, 2.75) is 13.0 Å². The SMILES string of the molecule is O=C(O)Cc1cccc(OCc2cccc(Br)c2)c1. The zero-order chi connectivity index (χ0) is 13.7. The Labute approximate surface area is 120 Å². The fraction of sp³-hybridized carbons (Fsp3) is 0.133. The number of halogens is 1. The molecule has 0 spiro atoms. The summed E-state index contributed by atoms with van der Waals surface area (Å²) in [6.45, 7) is 0.454. The Kier molecular flexibility index (Phi) is 4.58. The number of hydrogen-bond acceptors (Lipinski definition) is 2. The molecule has 2 aromatic rings. The van der Waals surface area contributed by atoms with E-state index < -0.39 is 5.97 Å². The van der Waals surface area contributed by atoms with Gasteiger partial charge in [-0.3, -0.25) is 4.79 Å². The average Bonchev–Trinajstić information content (AvgIpc) is 2.36. The maximum Gasteiger partial charge on any atom is 0.307 e. The predicted octanol–water partition coefficient (Wildman–Crippen LogP) is 3.66. The molecule has 0 unspecified atom stereocenters. The van der Waals surface area contributed by atoms with E-state index >= 15 is 0 Å². The summed E-state index contributed by atoms with van der Waals surface area (Å²) in [5.41, 5.74) is 1.79. The Balaban J connectivity index is 2.01. The molecule has 0 saturated carbocycles. The molecule has 1 N–H and O–H groups in total. The van der Waals surface area contributed by atoms with Crippen LogP contribution in [-0.2, 0) is 17.8 Å². The van der Waals surface area contributed by atoms with Crippen LogP contribution in [0.5, 0.6) is 5.75 Å². The van der Waals surface area contributed by atoms with Crippen LogP contribution < -0.4 is 4.74 Å². The summed E-state index contributed by atoms with van der Waals surface area (Å²) in [6, 6.07) is 15.0. The van der Waals surface area contributed by atoms with Gasteiger partial charge in [-0.1, -0.05) is 40.2 Å². The van der Waals surface area contributed by atoms with E-state index in [0.717, 1.165) is 15.6 Å². The predicted molar refractivity (Wildman–Crippen MR) is 76.3 cm³/mol. The molecule has 19 heavy (non-hydrogen) atoms. The number of benzene rings is 2. The zero-order valence-electron chi connectivity index (χ0n) is 10.2. The molecule has 2 rings (SSSR count). The van der Waals surface area contributed by atoms with Gasteiger partial charge in [0.25, 0.3) is 0 Å². The summed E-state index contributed by atoms with van der Waals surface area (Å²) >= 11 is 3.41. The second-order valence-corrected chi connectivity index (χ2v) is 5.05. The summed E-state index contributed by atoms with van der Waals surface area (Å²) in [5, 5.41) is 8.75. The highest BCUT2D eigenvalue weighted by molar-refractivity contribution is 9.10. The lowest BCUT2D eigenvalue weighted by atomic mass is 10.1. The first kappa shape index (κ1) is 13.6. The van der Waals surface area contributed by atoms with Crippen molar-refractivity contribution in [3.8, 4) is 5.75 Å². The van der Waals surface area contributed by atoms with Gasteiger partial charge in [-0.25, -0.2) is 0 Å². The third kappa shape index (κ3) is 4.41. The van der Waals surface area contributed by atoms with E-state index in [9.17, 15) is 4.79 Å². The Morgan fingerprint density at radius 3 is 2.58 bits per heavy atom. The Morgan fingerprint density at radius 1 is 1.11 bits per heavy atom. The van der Waals surface area contributed by atoms with Crippen LogP contribution in [0.3, 0.4) is 0 Å². The highest BCUT2D eigenvalue weighted by atomic mass is 79.9. The van der Waals surface area contributed by atoms with Gasteiger partial charge in [-0.2, -0.15) is 0 Å². The first-order valence-electron chi connectivity index (χ1n) is 5.81. The van der Waals surface area contributed by atoms with Gasteiger partial charge in [0.15, 0.2) is 0 Å². The molecule has 0 radical (unpaired) electrons. The summed E-state index contributed by atoms with van der Waals surface area (Å²) in [7, 11) is 0. The van der Waals surface area contributed by atoms with Crippen LogP contribution in [0.25, 0.3) is 0 Å². The lowest BCUT2D eigenvalue weighted by molar-refractivity contribution is -0.136. The minimum absolute atomic E-state index is 0.00802. The van der Waals surface area contributed by atoms with Crippen molar-refractivity contribution in [3.05, 3.63) is 64.1 Å². The largest absolute Gasteiger partial charge is 0.489 e. The molecule has 0 aliphatic heterocycles. The molecular weight excluding hydrogens is 308 g/mol. The molecule has 0 saturated heterocycles. The topological polar surface area (TPSA) is 46.5 Å². The van der Waals surface area contributed by atoms with Crippen LogP contribution >= 0.6 is 15.9 Å². The second kappa shape index (κ2) is 6.38. The lowest BCUT2D eigenvalue weighted by Gasteiger charge is -2.07. The number of carboxylic acid groups (broad SMARTS) is 1. The maximum atomic E-state index is 10.7. The van der Waals surface area contributed by atoms with Crippen molar-refractivity contribution in [2.24, 2.45) is 0 Å². The molecule has 4 heteroatoms. The highest BCUT2D eigenvalue weighted by Gasteiger charge is 2.02. The van der Waals surface area contributed by atoms with E-state index in [1.165, 1.54) is 0 Å². The maximum absolute atomic E-state index is 10.7. The number of rotatable bonds is 5. The summed E-state index contributed by atoms with van der Waals surface area (Å²) in [4.78, 5) is 10.7. The standard InChI is InChI=1S/C15H13BrO3/c16-13-5-1-4-12(7-13)10-19-14-6-2-3-11(8-14)9-15(17)18/h1-8H,9-10H2,(H,17,18). The molecule has 0 atom stereocenters. The molecule has 0 bridgehead atoms. The van der Waals surface area contributed by atoms with E-state index in [-0.39, 0.29) is 6.42 Å². The number of aliphatic carboxylic acids is 1. The number of carboxylic acids is 1. The molecule has 0 aliphatic carbocycles. The fourth-order valence-corrected chi connectivity index (χ4v) is 2.16. The Morgan fingerprint density at radius 2 is 1.84 bits per heavy atom. The number of carbonyl (C=O) groups is 1. The van der Waals surface area contributed by atoms with Gasteiger partial charge in [0.1, 0.15) is 12.4 Å². The van der Waals surface area contributed by atoms with Gasteiger partial charge < -0.3 is 9.84 Å². The van der Waals surface area contributed by atoms with E-state index in [1.807, 2.05) is 30.3 Å². The molecule has 2 aromatic carbocycles. The Bertz CT molecular complexity index is 581. The first-order chi connectivity index (χ1) is 9.13. The van der Waals surface area contributed by atoms with E-state index in [2.05, 4.69) is 15.9 Å². The zero-order valence-corrected chi connectivity index (χ0v) is 11.8. The minimum atomic E-state index is -0.843. The van der Waals surface area contributed by atoms with Gasteiger partial charge in [0, 0.05) is 4.47 Å². The molecule has 0 fully saturated rings. The van der Waals surface area contributed by atoms with E-state index in [1.54, 1.807) is 18.2 Å². The molecule has 0 heterocycles. The lowest BCUT2D eigenvalue weighted by Crippen LogP contribution is -2.01. The smallest absolute Gasteiger partial charge is 0.307 e. The monoisotopic (exact) mass is 320 g/mol. The molecule has 3 nitrogen and oxygen atoms in total. The van der Waals surface area contributed by atoms with Crippen LogP contribution in [0.15, 0.2) is 53.0 Å². The quantitative estimate of drug-likeness (QED) is 0.914. The van der Waals surface area contributed by atoms with Crippen molar-refractivity contribution < 1.29 is 14.6 Å². The average molecular weight is 321 g/mol. The third-order valence-electron chi connectivity index (χ3n) is 2.55. The normalized spacial score (nSPS) is 10.2. The first-order valence-corrected chi connectivity index (χ1v) is 6.61. The van der Waals surface area contributed by atoms with Gasteiger partial charge in [0.05, 0.1) is 6.42 Å². The minimum Gasteiger partial charge on any atom is -0.489 e. The molecule has 0 amide bonds. The van der Waals surface area contributed by atoms with Crippen molar-refractivity contribution in [2.75, 3.05) is 0 Å². The third-order valence-corrected chi connectivity index (χ3v) is 3.04.